The summed E-state index contributed by atoms with van der Waals surface area (Å²) in [6.07, 6.45) is 6.46. The van der Waals surface area contributed by atoms with Crippen molar-refractivity contribution in [3.05, 3.63) is 18.0 Å². The Hall–Kier alpha value is -0.830. The van der Waals surface area contributed by atoms with Crippen LogP contribution in [0.4, 0.5) is 0 Å². The first-order chi connectivity index (χ1) is 7.87. The molecular formula is C14H27N3. The summed E-state index contributed by atoms with van der Waals surface area (Å²) in [7, 11) is 0. The molecular weight excluding hydrogens is 210 g/mol. The predicted octanol–water partition coefficient (Wildman–Crippen LogP) is 2.86. The number of aryl methyl sites for hydroxylation is 1. The Balaban J connectivity index is 2.25. The molecule has 0 aliphatic carbocycles. The molecule has 0 saturated carbocycles. The van der Waals surface area contributed by atoms with E-state index in [1.54, 1.807) is 0 Å². The molecule has 1 aromatic heterocycles. The van der Waals surface area contributed by atoms with Gasteiger partial charge in [-0.05, 0) is 51.6 Å². The van der Waals surface area contributed by atoms with Crippen LogP contribution >= 0.6 is 0 Å². The van der Waals surface area contributed by atoms with Gasteiger partial charge in [-0.3, -0.25) is 4.68 Å². The van der Waals surface area contributed by atoms with Crippen LogP contribution in [0.5, 0.6) is 0 Å². The first kappa shape index (κ1) is 14.2. The molecule has 3 heteroatoms. The lowest BCUT2D eigenvalue weighted by atomic mass is 10.1. The molecule has 0 spiro atoms. The minimum atomic E-state index is 0.224. The van der Waals surface area contributed by atoms with Gasteiger partial charge in [0, 0.05) is 18.3 Å². The van der Waals surface area contributed by atoms with Crippen LogP contribution in [-0.4, -0.2) is 21.9 Å². The summed E-state index contributed by atoms with van der Waals surface area (Å²) in [5.74, 6) is 0.658. The molecule has 98 valence electrons. The van der Waals surface area contributed by atoms with Gasteiger partial charge in [0.1, 0.15) is 0 Å². The zero-order valence-corrected chi connectivity index (χ0v) is 12.0. The topological polar surface area (TPSA) is 29.9 Å². The average Bonchev–Trinajstić information content (AvgIpc) is 2.58. The highest BCUT2D eigenvalue weighted by Crippen LogP contribution is 2.05. The smallest absolute Gasteiger partial charge is 0.0521 e. The van der Waals surface area contributed by atoms with Crippen molar-refractivity contribution >= 4 is 0 Å². The van der Waals surface area contributed by atoms with Crippen LogP contribution in [0.25, 0.3) is 0 Å². The van der Waals surface area contributed by atoms with E-state index in [9.17, 15) is 0 Å². The van der Waals surface area contributed by atoms with Crippen molar-refractivity contribution in [2.45, 2.75) is 59.5 Å². The number of hydrogen-bond donors (Lipinski definition) is 1. The van der Waals surface area contributed by atoms with Crippen LogP contribution in [0.3, 0.4) is 0 Å². The Morgan fingerprint density at radius 2 is 2.06 bits per heavy atom. The third-order valence-corrected chi connectivity index (χ3v) is 2.54. The maximum atomic E-state index is 4.38. The molecule has 0 saturated heterocycles. The van der Waals surface area contributed by atoms with E-state index in [1.165, 1.54) is 12.0 Å². The number of nitrogens with one attached hydrogen (secondary N) is 1. The molecule has 1 aromatic rings. The maximum absolute atomic E-state index is 4.38. The zero-order valence-electron chi connectivity index (χ0n) is 12.0. The SMILES string of the molecule is CC(C)Cn1cc(CCCNC(C)(C)C)cn1. The van der Waals surface area contributed by atoms with Crippen molar-refractivity contribution in [2.24, 2.45) is 5.92 Å². The molecule has 3 nitrogen and oxygen atoms in total. The highest BCUT2D eigenvalue weighted by Gasteiger charge is 2.07. The standard InChI is InChI=1S/C14H27N3/c1-12(2)10-17-11-13(9-16-17)7-6-8-15-14(3,4)5/h9,11-12,15H,6-8,10H2,1-5H3. The van der Waals surface area contributed by atoms with E-state index in [0.717, 1.165) is 19.5 Å². The molecule has 0 aliphatic rings. The van der Waals surface area contributed by atoms with E-state index >= 15 is 0 Å². The van der Waals surface area contributed by atoms with E-state index in [2.05, 4.69) is 55.9 Å². The van der Waals surface area contributed by atoms with Gasteiger partial charge in [-0.1, -0.05) is 13.8 Å². The van der Waals surface area contributed by atoms with Gasteiger partial charge in [0.15, 0.2) is 0 Å². The van der Waals surface area contributed by atoms with Gasteiger partial charge in [0.25, 0.3) is 0 Å². The van der Waals surface area contributed by atoms with Gasteiger partial charge in [0.2, 0.25) is 0 Å². The van der Waals surface area contributed by atoms with Crippen molar-refractivity contribution in [2.75, 3.05) is 6.54 Å². The Labute approximate surface area is 106 Å². The molecule has 0 fully saturated rings. The van der Waals surface area contributed by atoms with E-state index in [0.29, 0.717) is 5.92 Å². The second kappa shape index (κ2) is 6.20. The average molecular weight is 237 g/mol. The number of hydrogen-bond acceptors (Lipinski definition) is 2. The van der Waals surface area contributed by atoms with Crippen LogP contribution in [-0.2, 0) is 13.0 Å². The molecule has 0 atom stereocenters. The van der Waals surface area contributed by atoms with Crippen molar-refractivity contribution in [3.8, 4) is 0 Å². The summed E-state index contributed by atoms with van der Waals surface area (Å²) in [6, 6.07) is 0. The number of nitrogens with zero attached hydrogens (tertiary/aromatic N) is 2. The Morgan fingerprint density at radius 1 is 1.35 bits per heavy atom. The van der Waals surface area contributed by atoms with E-state index in [-0.39, 0.29) is 5.54 Å². The molecule has 0 radical (unpaired) electrons. The fraction of sp³-hybridized carbons (Fsp3) is 0.786. The molecule has 0 bridgehead atoms. The largest absolute Gasteiger partial charge is 0.312 e. The number of rotatable bonds is 6. The maximum Gasteiger partial charge on any atom is 0.0521 e. The summed E-state index contributed by atoms with van der Waals surface area (Å²) in [5.41, 5.74) is 1.57. The quantitative estimate of drug-likeness (QED) is 0.771. The molecule has 1 heterocycles. The van der Waals surface area contributed by atoms with Crippen molar-refractivity contribution < 1.29 is 0 Å². The zero-order chi connectivity index (χ0) is 12.9. The summed E-state index contributed by atoms with van der Waals surface area (Å²) < 4.78 is 2.05. The van der Waals surface area contributed by atoms with E-state index < -0.39 is 0 Å². The molecule has 1 N–H and O–H groups in total. The van der Waals surface area contributed by atoms with Gasteiger partial charge >= 0.3 is 0 Å². The lowest BCUT2D eigenvalue weighted by molar-refractivity contribution is 0.422. The Bertz CT molecular complexity index is 320. The minimum Gasteiger partial charge on any atom is -0.312 e. The fourth-order valence-electron chi connectivity index (χ4n) is 1.77. The van der Waals surface area contributed by atoms with Crippen molar-refractivity contribution in [1.82, 2.24) is 15.1 Å². The second-order valence-corrected chi connectivity index (χ2v) is 6.24. The van der Waals surface area contributed by atoms with Gasteiger partial charge in [-0.15, -0.1) is 0 Å². The third-order valence-electron chi connectivity index (χ3n) is 2.54. The normalized spacial score (nSPS) is 12.4. The van der Waals surface area contributed by atoms with Crippen molar-refractivity contribution in [1.29, 1.82) is 0 Å². The lowest BCUT2D eigenvalue weighted by Crippen LogP contribution is -2.36. The summed E-state index contributed by atoms with van der Waals surface area (Å²) in [5, 5.41) is 7.88. The Morgan fingerprint density at radius 3 is 2.65 bits per heavy atom. The second-order valence-electron chi connectivity index (χ2n) is 6.24. The Kier molecular flexibility index (Phi) is 5.19. The van der Waals surface area contributed by atoms with Gasteiger partial charge in [0.05, 0.1) is 6.20 Å². The predicted molar refractivity (Wildman–Crippen MR) is 73.1 cm³/mol. The lowest BCUT2D eigenvalue weighted by Gasteiger charge is -2.20. The first-order valence-corrected chi connectivity index (χ1v) is 6.63. The highest BCUT2D eigenvalue weighted by molar-refractivity contribution is 5.03. The third kappa shape index (κ3) is 6.47. The van der Waals surface area contributed by atoms with Crippen LogP contribution in [0.15, 0.2) is 12.4 Å². The van der Waals surface area contributed by atoms with Gasteiger partial charge in [-0.25, -0.2) is 0 Å². The van der Waals surface area contributed by atoms with Crippen LogP contribution in [0.1, 0.15) is 46.6 Å². The summed E-state index contributed by atoms with van der Waals surface area (Å²) >= 11 is 0. The van der Waals surface area contributed by atoms with Crippen molar-refractivity contribution in [3.63, 3.8) is 0 Å². The monoisotopic (exact) mass is 237 g/mol. The van der Waals surface area contributed by atoms with Crippen LogP contribution in [0, 0.1) is 5.92 Å². The molecule has 0 unspecified atom stereocenters. The van der Waals surface area contributed by atoms with E-state index in [4.69, 9.17) is 0 Å². The van der Waals surface area contributed by atoms with Gasteiger partial charge in [-0.2, -0.15) is 5.10 Å². The summed E-state index contributed by atoms with van der Waals surface area (Å²) in [4.78, 5) is 0. The minimum absolute atomic E-state index is 0.224. The molecule has 0 aliphatic heterocycles. The molecule has 0 aromatic carbocycles. The van der Waals surface area contributed by atoms with Crippen LogP contribution < -0.4 is 5.32 Å². The summed E-state index contributed by atoms with van der Waals surface area (Å²) in [6.45, 7) is 13.1. The first-order valence-electron chi connectivity index (χ1n) is 6.63. The van der Waals surface area contributed by atoms with Gasteiger partial charge < -0.3 is 5.32 Å². The highest BCUT2D eigenvalue weighted by atomic mass is 15.3. The number of aromatic nitrogens is 2. The molecule has 1 rings (SSSR count). The van der Waals surface area contributed by atoms with Crippen LogP contribution in [0.2, 0.25) is 0 Å². The molecule has 0 amide bonds. The molecule has 17 heavy (non-hydrogen) atoms. The fourth-order valence-corrected chi connectivity index (χ4v) is 1.77. The van der Waals surface area contributed by atoms with E-state index in [1.807, 2.05) is 6.20 Å².